The fourth-order valence-corrected chi connectivity index (χ4v) is 2.54. The molecule has 3 heteroatoms. The minimum atomic E-state index is 0.624. The van der Waals surface area contributed by atoms with Gasteiger partial charge in [-0.1, -0.05) is 18.2 Å². The number of piperidine rings is 1. The smallest absolute Gasteiger partial charge is 0.226 e. The van der Waals surface area contributed by atoms with Crippen LogP contribution in [0.25, 0.3) is 11.5 Å². The maximum atomic E-state index is 5.42. The lowest BCUT2D eigenvalue weighted by Crippen LogP contribution is -2.26. The summed E-state index contributed by atoms with van der Waals surface area (Å²) in [5.41, 5.74) is 2.51. The number of rotatable bonds is 2. The molecule has 0 aliphatic carbocycles. The molecule has 0 saturated carbocycles. The molecule has 3 nitrogen and oxygen atoms in total. The normalized spacial score (nSPS) is 17.2. The Morgan fingerprint density at radius 1 is 1.18 bits per heavy atom. The summed E-state index contributed by atoms with van der Waals surface area (Å²) >= 11 is 0. The Bertz CT molecular complexity index is 473. The topological polar surface area (TPSA) is 38.1 Å². The zero-order chi connectivity index (χ0) is 11.5. The minimum absolute atomic E-state index is 0.624. The molecule has 17 heavy (non-hydrogen) atoms. The zero-order valence-electron chi connectivity index (χ0n) is 9.73. The van der Waals surface area contributed by atoms with Crippen LogP contribution in [0.15, 0.2) is 41.1 Å². The first-order valence-electron chi connectivity index (χ1n) is 6.14. The Morgan fingerprint density at radius 2 is 2.00 bits per heavy atom. The van der Waals surface area contributed by atoms with Crippen molar-refractivity contribution in [3.8, 4) is 11.5 Å². The average molecular weight is 228 g/mol. The van der Waals surface area contributed by atoms with Crippen molar-refractivity contribution in [2.24, 2.45) is 0 Å². The fraction of sp³-hybridized carbons (Fsp3) is 0.357. The molecule has 1 saturated heterocycles. The third-order valence-corrected chi connectivity index (χ3v) is 3.40. The van der Waals surface area contributed by atoms with Gasteiger partial charge in [0, 0.05) is 5.56 Å². The Balaban J connectivity index is 1.98. The summed E-state index contributed by atoms with van der Waals surface area (Å²) in [5.74, 6) is 1.36. The van der Waals surface area contributed by atoms with Gasteiger partial charge in [-0.25, -0.2) is 4.98 Å². The molecule has 1 aliphatic rings. The van der Waals surface area contributed by atoms with Gasteiger partial charge in [-0.3, -0.25) is 0 Å². The molecular weight excluding hydrogens is 212 g/mol. The molecule has 3 rings (SSSR count). The van der Waals surface area contributed by atoms with Crippen LogP contribution in [0.4, 0.5) is 0 Å². The Hall–Kier alpha value is -1.61. The van der Waals surface area contributed by atoms with Gasteiger partial charge < -0.3 is 9.73 Å². The van der Waals surface area contributed by atoms with E-state index in [0.29, 0.717) is 5.92 Å². The highest BCUT2D eigenvalue weighted by atomic mass is 16.3. The molecule has 0 spiro atoms. The summed E-state index contributed by atoms with van der Waals surface area (Å²) in [4.78, 5) is 4.26. The summed E-state index contributed by atoms with van der Waals surface area (Å²) in [6.45, 7) is 2.20. The maximum absolute atomic E-state index is 5.42. The van der Waals surface area contributed by atoms with Gasteiger partial charge in [0.1, 0.15) is 6.26 Å². The third kappa shape index (κ3) is 2.11. The van der Waals surface area contributed by atoms with Crippen LogP contribution >= 0.6 is 0 Å². The van der Waals surface area contributed by atoms with Crippen molar-refractivity contribution < 1.29 is 4.42 Å². The van der Waals surface area contributed by atoms with Crippen molar-refractivity contribution in [2.75, 3.05) is 13.1 Å². The van der Waals surface area contributed by atoms with Crippen molar-refractivity contribution in [3.63, 3.8) is 0 Å². The van der Waals surface area contributed by atoms with E-state index in [1.54, 1.807) is 12.5 Å². The molecule has 0 radical (unpaired) electrons. The van der Waals surface area contributed by atoms with Gasteiger partial charge in [-0.05, 0) is 43.5 Å². The second-order valence-electron chi connectivity index (χ2n) is 4.45. The average Bonchev–Trinajstić information content (AvgIpc) is 2.94. The van der Waals surface area contributed by atoms with Crippen molar-refractivity contribution >= 4 is 0 Å². The van der Waals surface area contributed by atoms with Gasteiger partial charge in [-0.15, -0.1) is 0 Å². The SMILES string of the molecule is c1ccc(C2CCNCC2)c(-c2ncco2)c1. The van der Waals surface area contributed by atoms with Gasteiger partial charge in [0.2, 0.25) is 5.89 Å². The molecule has 88 valence electrons. The first-order chi connectivity index (χ1) is 8.45. The summed E-state index contributed by atoms with van der Waals surface area (Å²) in [5, 5.41) is 3.40. The second kappa shape index (κ2) is 4.72. The Kier molecular flexibility index (Phi) is 2.92. The molecule has 0 bridgehead atoms. The predicted molar refractivity (Wildman–Crippen MR) is 66.8 cm³/mol. The lowest BCUT2D eigenvalue weighted by molar-refractivity contribution is 0.460. The molecular formula is C14H16N2O. The molecule has 0 unspecified atom stereocenters. The highest BCUT2D eigenvalue weighted by Crippen LogP contribution is 2.32. The quantitative estimate of drug-likeness (QED) is 0.859. The fourth-order valence-electron chi connectivity index (χ4n) is 2.54. The molecule has 2 aromatic rings. The van der Waals surface area contributed by atoms with Crippen LogP contribution in [0.1, 0.15) is 24.3 Å². The van der Waals surface area contributed by atoms with Gasteiger partial charge in [0.25, 0.3) is 0 Å². The molecule has 0 amide bonds. The Labute approximate surface area is 101 Å². The zero-order valence-corrected chi connectivity index (χ0v) is 9.73. The standard InChI is InChI=1S/C14H16N2O/c1-2-4-13(14-16-9-10-17-14)12(3-1)11-5-7-15-8-6-11/h1-4,9-11,15H,5-8H2. The predicted octanol–water partition coefficient (Wildman–Crippen LogP) is 2.81. The molecule has 1 aromatic heterocycles. The van der Waals surface area contributed by atoms with Gasteiger partial charge in [0.15, 0.2) is 0 Å². The highest BCUT2D eigenvalue weighted by Gasteiger charge is 2.19. The summed E-state index contributed by atoms with van der Waals surface area (Å²) in [6, 6.07) is 8.45. The number of hydrogen-bond donors (Lipinski definition) is 1. The highest BCUT2D eigenvalue weighted by molar-refractivity contribution is 5.59. The number of oxazole rings is 1. The van der Waals surface area contributed by atoms with Crippen LogP contribution in [0.5, 0.6) is 0 Å². The molecule has 1 aromatic carbocycles. The number of nitrogens with zero attached hydrogens (tertiary/aromatic N) is 1. The lowest BCUT2D eigenvalue weighted by Gasteiger charge is -2.24. The van der Waals surface area contributed by atoms with Gasteiger partial charge >= 0.3 is 0 Å². The van der Waals surface area contributed by atoms with E-state index >= 15 is 0 Å². The number of benzene rings is 1. The van der Waals surface area contributed by atoms with Crippen LogP contribution in [0, 0.1) is 0 Å². The van der Waals surface area contributed by atoms with E-state index in [1.165, 1.54) is 18.4 Å². The van der Waals surface area contributed by atoms with Gasteiger partial charge in [0.05, 0.1) is 6.20 Å². The van der Waals surface area contributed by atoms with Crippen molar-refractivity contribution in [1.29, 1.82) is 0 Å². The van der Waals surface area contributed by atoms with E-state index in [9.17, 15) is 0 Å². The van der Waals surface area contributed by atoms with Crippen LogP contribution < -0.4 is 5.32 Å². The van der Waals surface area contributed by atoms with E-state index in [1.807, 2.05) is 6.07 Å². The summed E-state index contributed by atoms with van der Waals surface area (Å²) < 4.78 is 5.42. The van der Waals surface area contributed by atoms with Crippen LogP contribution in [-0.2, 0) is 0 Å². The minimum Gasteiger partial charge on any atom is -0.445 e. The van der Waals surface area contributed by atoms with E-state index in [4.69, 9.17) is 4.42 Å². The van der Waals surface area contributed by atoms with Crippen LogP contribution in [0.2, 0.25) is 0 Å². The molecule has 1 N–H and O–H groups in total. The number of aromatic nitrogens is 1. The van der Waals surface area contributed by atoms with E-state index in [0.717, 1.165) is 24.5 Å². The van der Waals surface area contributed by atoms with Crippen molar-refractivity contribution in [3.05, 3.63) is 42.3 Å². The number of nitrogens with one attached hydrogen (secondary N) is 1. The van der Waals surface area contributed by atoms with Gasteiger partial charge in [-0.2, -0.15) is 0 Å². The molecule has 1 aliphatic heterocycles. The first-order valence-corrected chi connectivity index (χ1v) is 6.14. The maximum Gasteiger partial charge on any atom is 0.226 e. The third-order valence-electron chi connectivity index (χ3n) is 3.40. The van der Waals surface area contributed by atoms with Crippen molar-refractivity contribution in [1.82, 2.24) is 10.3 Å². The second-order valence-corrected chi connectivity index (χ2v) is 4.45. The van der Waals surface area contributed by atoms with E-state index in [2.05, 4.69) is 28.5 Å². The molecule has 1 fully saturated rings. The molecule has 0 atom stereocenters. The van der Waals surface area contributed by atoms with E-state index in [-0.39, 0.29) is 0 Å². The van der Waals surface area contributed by atoms with Crippen LogP contribution in [-0.4, -0.2) is 18.1 Å². The van der Waals surface area contributed by atoms with Crippen LogP contribution in [0.3, 0.4) is 0 Å². The monoisotopic (exact) mass is 228 g/mol. The molecule has 2 heterocycles. The summed E-state index contributed by atoms with van der Waals surface area (Å²) in [6.07, 6.45) is 5.72. The van der Waals surface area contributed by atoms with E-state index < -0.39 is 0 Å². The lowest BCUT2D eigenvalue weighted by atomic mass is 9.87. The number of hydrogen-bond acceptors (Lipinski definition) is 3. The van der Waals surface area contributed by atoms with Crippen molar-refractivity contribution in [2.45, 2.75) is 18.8 Å². The Morgan fingerprint density at radius 3 is 2.76 bits per heavy atom. The summed E-state index contributed by atoms with van der Waals surface area (Å²) in [7, 11) is 0. The largest absolute Gasteiger partial charge is 0.445 e. The first kappa shape index (κ1) is 10.5.